The predicted octanol–water partition coefficient (Wildman–Crippen LogP) is 2.14. The van der Waals surface area contributed by atoms with Gasteiger partial charge in [-0.2, -0.15) is 0 Å². The number of nitrogens with two attached hydrogens (primary N) is 1. The van der Waals surface area contributed by atoms with E-state index in [1.807, 2.05) is 24.3 Å². The first-order valence-electron chi connectivity index (χ1n) is 15.2. The van der Waals surface area contributed by atoms with Crippen LogP contribution in [-0.2, 0) is 6.54 Å². The van der Waals surface area contributed by atoms with Gasteiger partial charge in [-0.3, -0.25) is 29.0 Å². The summed E-state index contributed by atoms with van der Waals surface area (Å²) < 4.78 is 5.39. The first-order chi connectivity index (χ1) is 21.5. The van der Waals surface area contributed by atoms with Crippen molar-refractivity contribution in [2.75, 3.05) is 59.5 Å². The molecule has 0 saturated heterocycles. The van der Waals surface area contributed by atoms with Gasteiger partial charge in [-0.25, -0.2) is 0 Å². The third-order valence-corrected chi connectivity index (χ3v) is 8.08. The molecule has 0 fully saturated rings. The van der Waals surface area contributed by atoms with E-state index in [1.54, 1.807) is 31.4 Å². The van der Waals surface area contributed by atoms with Crippen molar-refractivity contribution in [1.29, 1.82) is 0 Å². The van der Waals surface area contributed by atoms with Crippen LogP contribution in [0.1, 0.15) is 66.3 Å². The van der Waals surface area contributed by atoms with Gasteiger partial charge in [0.2, 0.25) is 0 Å². The van der Waals surface area contributed by atoms with Crippen molar-refractivity contribution >= 4 is 34.4 Å². The molecule has 2 aliphatic heterocycles. The molecule has 0 bridgehead atoms. The molecule has 4 amide bonds. The summed E-state index contributed by atoms with van der Waals surface area (Å²) >= 11 is 0. The van der Waals surface area contributed by atoms with Crippen molar-refractivity contribution in [2.24, 2.45) is 5.73 Å². The molecule has 11 heteroatoms. The van der Waals surface area contributed by atoms with E-state index < -0.39 is 23.6 Å². The Kier molecular flexibility index (Phi) is 10.3. The molecule has 232 valence electrons. The minimum absolute atomic E-state index is 0.241. The number of nitrogens with zero attached hydrogens (tertiary/aromatic N) is 2. The maximum atomic E-state index is 13.5. The highest BCUT2D eigenvalue weighted by molar-refractivity contribution is 6.33. The van der Waals surface area contributed by atoms with Gasteiger partial charge in [-0.15, -0.1) is 0 Å². The normalized spacial score (nSPS) is 14.2. The van der Waals surface area contributed by atoms with Crippen molar-refractivity contribution in [2.45, 2.75) is 25.8 Å². The van der Waals surface area contributed by atoms with Gasteiger partial charge in [0.15, 0.2) is 0 Å². The molecular weight excluding hydrogens is 560 g/mol. The highest BCUT2D eigenvalue weighted by atomic mass is 16.5. The van der Waals surface area contributed by atoms with Crippen molar-refractivity contribution in [3.63, 3.8) is 0 Å². The largest absolute Gasteiger partial charge is 0.496 e. The standard InChI is InChI=1S/C33H40N6O5/c1-44-27-8-3-2-7-22(27)21-37-16-6-20-39-32(42)25-11-9-23-28-24(10-12-26(29(25)28)33(39)43)31(41)38(30(23)40)19-5-15-36-18-17-35-14-4-13-34/h2-3,7-12,35-37H,4-6,13-21,34H2,1H3. The lowest BCUT2D eigenvalue weighted by molar-refractivity contribution is 0.0587. The van der Waals surface area contributed by atoms with E-state index in [0.29, 0.717) is 72.0 Å². The first kappa shape index (κ1) is 31.3. The van der Waals surface area contributed by atoms with Crippen LogP contribution in [0.3, 0.4) is 0 Å². The number of benzene rings is 3. The minimum atomic E-state index is -0.415. The number of imide groups is 2. The number of hydrogen-bond acceptors (Lipinski definition) is 9. The Morgan fingerprint density at radius 3 is 1.55 bits per heavy atom. The summed E-state index contributed by atoms with van der Waals surface area (Å²) in [5.41, 5.74) is 7.86. The molecule has 0 aliphatic carbocycles. The number of ether oxygens (including phenoxy) is 1. The summed E-state index contributed by atoms with van der Waals surface area (Å²) in [5.74, 6) is -0.840. The van der Waals surface area contributed by atoms with Gasteiger partial charge in [-0.1, -0.05) is 18.2 Å². The number of nitrogens with one attached hydrogen (secondary N) is 3. The second-order valence-corrected chi connectivity index (χ2v) is 10.9. The van der Waals surface area contributed by atoms with E-state index >= 15 is 0 Å². The van der Waals surface area contributed by atoms with Gasteiger partial charge in [0.05, 0.1) is 7.11 Å². The Morgan fingerprint density at radius 1 is 0.614 bits per heavy atom. The topological polar surface area (TPSA) is 146 Å². The van der Waals surface area contributed by atoms with Crippen LogP contribution < -0.4 is 26.4 Å². The Balaban J connectivity index is 1.21. The van der Waals surface area contributed by atoms with Crippen LogP contribution in [0.15, 0.2) is 48.5 Å². The van der Waals surface area contributed by atoms with Crippen LogP contribution in [0, 0.1) is 0 Å². The van der Waals surface area contributed by atoms with Gasteiger partial charge < -0.3 is 26.4 Å². The van der Waals surface area contributed by atoms with Gasteiger partial charge in [-0.05, 0) is 75.8 Å². The second-order valence-electron chi connectivity index (χ2n) is 10.9. The molecule has 0 radical (unpaired) electrons. The molecule has 5 N–H and O–H groups in total. The number of amides is 4. The van der Waals surface area contributed by atoms with E-state index in [0.717, 1.165) is 37.4 Å². The third-order valence-electron chi connectivity index (χ3n) is 8.08. The number of hydrogen-bond donors (Lipinski definition) is 4. The molecule has 0 unspecified atom stereocenters. The molecule has 0 saturated carbocycles. The molecule has 0 aromatic heterocycles. The first-order valence-corrected chi connectivity index (χ1v) is 15.2. The van der Waals surface area contributed by atoms with Crippen LogP contribution in [-0.4, -0.2) is 92.9 Å². The van der Waals surface area contributed by atoms with E-state index in [4.69, 9.17) is 10.5 Å². The van der Waals surface area contributed by atoms with Gasteiger partial charge in [0.25, 0.3) is 23.6 Å². The summed E-state index contributed by atoms with van der Waals surface area (Å²) in [5, 5.41) is 10.7. The molecule has 44 heavy (non-hydrogen) atoms. The molecular formula is C33H40N6O5. The fourth-order valence-electron chi connectivity index (χ4n) is 5.83. The average Bonchev–Trinajstić information content (AvgIpc) is 3.04. The Hall–Kier alpha value is -4.16. The molecule has 5 rings (SSSR count). The number of methoxy groups -OCH3 is 1. The quantitative estimate of drug-likeness (QED) is 0.135. The molecule has 2 heterocycles. The van der Waals surface area contributed by atoms with Crippen LogP contribution in [0.2, 0.25) is 0 Å². The van der Waals surface area contributed by atoms with Crippen molar-refractivity contribution in [1.82, 2.24) is 25.8 Å². The molecule has 11 nitrogen and oxygen atoms in total. The summed E-state index contributed by atoms with van der Waals surface area (Å²) in [7, 11) is 1.63. The van der Waals surface area contributed by atoms with Crippen molar-refractivity contribution in [3.8, 4) is 5.75 Å². The summed E-state index contributed by atoms with van der Waals surface area (Å²) in [6, 6.07) is 14.2. The van der Waals surface area contributed by atoms with Crippen molar-refractivity contribution < 1.29 is 23.9 Å². The highest BCUT2D eigenvalue weighted by Gasteiger charge is 2.39. The van der Waals surface area contributed by atoms with Crippen molar-refractivity contribution in [3.05, 3.63) is 76.3 Å². The summed E-state index contributed by atoms with van der Waals surface area (Å²) in [6.07, 6.45) is 2.10. The minimum Gasteiger partial charge on any atom is -0.496 e. The lowest BCUT2D eigenvalue weighted by atomic mass is 9.86. The molecule has 3 aromatic carbocycles. The average molecular weight is 601 g/mol. The lowest BCUT2D eigenvalue weighted by Gasteiger charge is -2.32. The van der Waals surface area contributed by atoms with Gasteiger partial charge >= 0.3 is 0 Å². The summed E-state index contributed by atoms with van der Waals surface area (Å²) in [4.78, 5) is 56.4. The van der Waals surface area contributed by atoms with E-state index in [2.05, 4.69) is 16.0 Å². The Bertz CT molecular complexity index is 1490. The van der Waals surface area contributed by atoms with E-state index in [1.165, 1.54) is 9.80 Å². The maximum Gasteiger partial charge on any atom is 0.261 e. The van der Waals surface area contributed by atoms with Crippen LogP contribution >= 0.6 is 0 Å². The maximum absolute atomic E-state index is 13.5. The number of carbonyl (C=O) groups is 4. The molecule has 3 aromatic rings. The zero-order valence-electron chi connectivity index (χ0n) is 25.1. The smallest absolute Gasteiger partial charge is 0.261 e. The number of para-hydroxylation sites is 1. The van der Waals surface area contributed by atoms with Gasteiger partial charge in [0.1, 0.15) is 5.75 Å². The monoisotopic (exact) mass is 600 g/mol. The van der Waals surface area contributed by atoms with Crippen LogP contribution in [0.5, 0.6) is 5.75 Å². The molecule has 2 aliphatic rings. The highest BCUT2D eigenvalue weighted by Crippen LogP contribution is 2.37. The Labute approximate surface area is 257 Å². The fraction of sp³-hybridized carbons (Fsp3) is 0.394. The SMILES string of the molecule is COc1ccccc1CNCCCN1C(=O)c2ccc3c4c(ccc(c24)C1=O)C(=O)N(CCCNCCNCCCN)C3=O. The fourth-order valence-corrected chi connectivity index (χ4v) is 5.83. The van der Waals surface area contributed by atoms with Crippen LogP contribution in [0.4, 0.5) is 0 Å². The summed E-state index contributed by atoms with van der Waals surface area (Å²) in [6.45, 7) is 5.49. The zero-order chi connectivity index (χ0) is 31.1. The zero-order valence-corrected chi connectivity index (χ0v) is 25.1. The molecule has 0 atom stereocenters. The lowest BCUT2D eigenvalue weighted by Crippen LogP contribution is -2.44. The number of rotatable bonds is 17. The van der Waals surface area contributed by atoms with Gasteiger partial charge in [0, 0.05) is 71.3 Å². The van der Waals surface area contributed by atoms with E-state index in [-0.39, 0.29) is 13.1 Å². The predicted molar refractivity (Wildman–Crippen MR) is 168 cm³/mol. The molecule has 0 spiro atoms. The van der Waals surface area contributed by atoms with Crippen LogP contribution in [0.25, 0.3) is 10.8 Å². The third kappa shape index (κ3) is 6.36. The second kappa shape index (κ2) is 14.5. The number of carbonyl (C=O) groups excluding carboxylic acids is 4. The Morgan fingerprint density at radius 2 is 1.07 bits per heavy atom. The van der Waals surface area contributed by atoms with E-state index in [9.17, 15) is 19.2 Å².